The van der Waals surface area contributed by atoms with Crippen LogP contribution in [-0.4, -0.2) is 22.8 Å². The molecule has 1 aromatic rings. The number of nitrogens with zero attached hydrogens (tertiary/aromatic N) is 1. The maximum atomic E-state index is 12.5. The highest BCUT2D eigenvalue weighted by molar-refractivity contribution is 6.01. The Hall–Kier alpha value is -2.17. The molecule has 5 nitrogen and oxygen atoms in total. The van der Waals surface area contributed by atoms with Crippen molar-refractivity contribution < 1.29 is 19.2 Å². The first-order valence-corrected chi connectivity index (χ1v) is 8.58. The summed E-state index contributed by atoms with van der Waals surface area (Å²) in [7, 11) is 0. The van der Waals surface area contributed by atoms with Crippen LogP contribution in [0.3, 0.4) is 0 Å². The van der Waals surface area contributed by atoms with E-state index >= 15 is 0 Å². The lowest BCUT2D eigenvalue weighted by atomic mass is 9.92. The second-order valence-electron chi connectivity index (χ2n) is 6.67. The molecule has 1 unspecified atom stereocenters. The molecule has 1 heterocycles. The molecule has 1 saturated heterocycles. The molecular formula is C19H25NO4. The van der Waals surface area contributed by atoms with Gasteiger partial charge in [0.1, 0.15) is 0 Å². The maximum Gasteiger partial charge on any atom is 0.340 e. The Morgan fingerprint density at radius 2 is 1.71 bits per heavy atom. The zero-order valence-corrected chi connectivity index (χ0v) is 14.6. The van der Waals surface area contributed by atoms with Gasteiger partial charge in [-0.3, -0.25) is 9.59 Å². The Balaban J connectivity index is 2.11. The molecule has 0 saturated carbocycles. The van der Waals surface area contributed by atoms with Crippen LogP contribution in [-0.2, 0) is 25.6 Å². The second kappa shape index (κ2) is 8.08. The molecule has 24 heavy (non-hydrogen) atoms. The number of carbonyl (C=O) groups excluding carboxylic acids is 3. The molecule has 130 valence electrons. The summed E-state index contributed by atoms with van der Waals surface area (Å²) in [4.78, 5) is 40.8. The molecule has 5 heteroatoms. The number of hydrogen-bond donors (Lipinski definition) is 0. The quantitative estimate of drug-likeness (QED) is 0.719. The highest BCUT2D eigenvalue weighted by Crippen LogP contribution is 2.25. The van der Waals surface area contributed by atoms with Crippen LogP contribution >= 0.6 is 0 Å². The Morgan fingerprint density at radius 3 is 2.21 bits per heavy atom. The van der Waals surface area contributed by atoms with Crippen LogP contribution in [0.5, 0.6) is 0 Å². The molecule has 2 rings (SSSR count). The Kier molecular flexibility index (Phi) is 6.12. The first-order valence-electron chi connectivity index (χ1n) is 8.58. The van der Waals surface area contributed by atoms with E-state index < -0.39 is 23.7 Å². The minimum atomic E-state index is -0.544. The average molecular weight is 331 g/mol. The largest absolute Gasteiger partial charge is 0.340 e. The SMILES string of the molecule is CCCC(C(=O)ON1C(=O)CCC1=O)c1ccc(CC(C)C)cc1. The molecule has 0 spiro atoms. The summed E-state index contributed by atoms with van der Waals surface area (Å²) in [6, 6.07) is 7.93. The maximum absolute atomic E-state index is 12.5. The molecule has 1 fully saturated rings. The van der Waals surface area contributed by atoms with Gasteiger partial charge in [-0.15, -0.1) is 5.06 Å². The summed E-state index contributed by atoms with van der Waals surface area (Å²) < 4.78 is 0. The number of imide groups is 1. The van der Waals surface area contributed by atoms with Crippen LogP contribution in [0.25, 0.3) is 0 Å². The van der Waals surface area contributed by atoms with Gasteiger partial charge in [-0.2, -0.15) is 0 Å². The lowest BCUT2D eigenvalue weighted by Gasteiger charge is -2.19. The van der Waals surface area contributed by atoms with Gasteiger partial charge in [0, 0.05) is 12.8 Å². The van der Waals surface area contributed by atoms with Crippen LogP contribution < -0.4 is 0 Å². The Bertz CT molecular complexity index is 590. The predicted molar refractivity (Wildman–Crippen MR) is 89.8 cm³/mol. The van der Waals surface area contributed by atoms with Crippen molar-refractivity contribution in [3.05, 3.63) is 35.4 Å². The van der Waals surface area contributed by atoms with Crippen molar-refractivity contribution >= 4 is 17.8 Å². The zero-order valence-electron chi connectivity index (χ0n) is 14.6. The van der Waals surface area contributed by atoms with Crippen molar-refractivity contribution in [2.75, 3.05) is 0 Å². The highest BCUT2D eigenvalue weighted by atomic mass is 16.7. The number of hydrogen-bond acceptors (Lipinski definition) is 4. The van der Waals surface area contributed by atoms with Crippen molar-refractivity contribution in [3.8, 4) is 0 Å². The van der Waals surface area contributed by atoms with Crippen LogP contribution in [0.1, 0.15) is 63.5 Å². The number of hydroxylamine groups is 2. The molecule has 2 amide bonds. The van der Waals surface area contributed by atoms with Crippen LogP contribution in [0.2, 0.25) is 0 Å². The summed E-state index contributed by atoms with van der Waals surface area (Å²) in [5.74, 6) is -1.34. The first-order chi connectivity index (χ1) is 11.4. The van der Waals surface area contributed by atoms with E-state index in [-0.39, 0.29) is 12.8 Å². The topological polar surface area (TPSA) is 63.7 Å². The van der Waals surface area contributed by atoms with E-state index in [1.807, 2.05) is 31.2 Å². The number of rotatable bonds is 7. The van der Waals surface area contributed by atoms with Gasteiger partial charge in [-0.1, -0.05) is 51.5 Å². The summed E-state index contributed by atoms with van der Waals surface area (Å²) in [6.07, 6.45) is 2.61. The third kappa shape index (κ3) is 4.43. The molecule has 1 aliphatic rings. The van der Waals surface area contributed by atoms with Crippen molar-refractivity contribution in [1.29, 1.82) is 0 Å². The number of amides is 2. The summed E-state index contributed by atoms with van der Waals surface area (Å²) in [5, 5.41) is 0.623. The summed E-state index contributed by atoms with van der Waals surface area (Å²) in [6.45, 7) is 6.31. The third-order valence-corrected chi connectivity index (χ3v) is 4.07. The summed E-state index contributed by atoms with van der Waals surface area (Å²) >= 11 is 0. The zero-order chi connectivity index (χ0) is 17.7. The van der Waals surface area contributed by atoms with E-state index in [9.17, 15) is 14.4 Å². The second-order valence-corrected chi connectivity index (χ2v) is 6.67. The van der Waals surface area contributed by atoms with E-state index in [0.29, 0.717) is 17.4 Å². The van der Waals surface area contributed by atoms with Crippen molar-refractivity contribution in [2.45, 2.75) is 58.8 Å². The van der Waals surface area contributed by atoms with Gasteiger partial charge < -0.3 is 4.84 Å². The fourth-order valence-electron chi connectivity index (χ4n) is 2.88. The average Bonchev–Trinajstić information content (AvgIpc) is 2.85. The van der Waals surface area contributed by atoms with Crippen LogP contribution in [0.4, 0.5) is 0 Å². The monoisotopic (exact) mass is 331 g/mol. The minimum Gasteiger partial charge on any atom is -0.330 e. The van der Waals surface area contributed by atoms with Crippen molar-refractivity contribution in [1.82, 2.24) is 5.06 Å². The normalized spacial score (nSPS) is 15.9. The van der Waals surface area contributed by atoms with E-state index in [1.54, 1.807) is 0 Å². The fraction of sp³-hybridized carbons (Fsp3) is 0.526. The molecule has 0 N–H and O–H groups in total. The molecule has 1 aliphatic heterocycles. The molecule has 1 aromatic carbocycles. The van der Waals surface area contributed by atoms with Crippen molar-refractivity contribution in [3.63, 3.8) is 0 Å². The van der Waals surface area contributed by atoms with Gasteiger partial charge in [0.2, 0.25) is 0 Å². The summed E-state index contributed by atoms with van der Waals surface area (Å²) in [5.41, 5.74) is 2.08. The van der Waals surface area contributed by atoms with E-state index in [0.717, 1.165) is 18.4 Å². The first kappa shape index (κ1) is 18.2. The lowest BCUT2D eigenvalue weighted by molar-refractivity contribution is -0.198. The van der Waals surface area contributed by atoms with Gasteiger partial charge >= 0.3 is 5.97 Å². The Labute approximate surface area is 142 Å². The van der Waals surface area contributed by atoms with E-state index in [1.165, 1.54) is 5.56 Å². The smallest absolute Gasteiger partial charge is 0.330 e. The van der Waals surface area contributed by atoms with Gasteiger partial charge in [-0.05, 0) is 29.9 Å². The van der Waals surface area contributed by atoms with Crippen molar-refractivity contribution in [2.24, 2.45) is 5.92 Å². The molecule has 0 radical (unpaired) electrons. The predicted octanol–water partition coefficient (Wildman–Crippen LogP) is 3.38. The number of benzene rings is 1. The molecule has 0 bridgehead atoms. The Morgan fingerprint density at radius 1 is 1.12 bits per heavy atom. The van der Waals surface area contributed by atoms with Gasteiger partial charge in [0.05, 0.1) is 5.92 Å². The lowest BCUT2D eigenvalue weighted by Crippen LogP contribution is -2.34. The molecular weight excluding hydrogens is 306 g/mol. The molecule has 0 aromatic heterocycles. The fourth-order valence-corrected chi connectivity index (χ4v) is 2.88. The highest BCUT2D eigenvalue weighted by Gasteiger charge is 2.35. The van der Waals surface area contributed by atoms with Gasteiger partial charge in [-0.25, -0.2) is 4.79 Å². The van der Waals surface area contributed by atoms with Crippen LogP contribution in [0, 0.1) is 5.92 Å². The third-order valence-electron chi connectivity index (χ3n) is 4.07. The minimum absolute atomic E-state index is 0.106. The molecule has 1 atom stereocenters. The molecule has 0 aliphatic carbocycles. The van der Waals surface area contributed by atoms with E-state index in [2.05, 4.69) is 13.8 Å². The standard InChI is InChI=1S/C19H25NO4/c1-4-5-16(15-8-6-14(7-9-15)12-13(2)3)19(23)24-20-17(21)10-11-18(20)22/h6-9,13,16H,4-5,10-12H2,1-3H3. The van der Waals surface area contributed by atoms with Crippen LogP contribution in [0.15, 0.2) is 24.3 Å². The van der Waals surface area contributed by atoms with E-state index in [4.69, 9.17) is 4.84 Å². The van der Waals surface area contributed by atoms with Gasteiger partial charge in [0.25, 0.3) is 11.8 Å². The van der Waals surface area contributed by atoms with Gasteiger partial charge in [0.15, 0.2) is 0 Å². The number of carbonyl (C=O) groups is 3.